The lowest BCUT2D eigenvalue weighted by Crippen LogP contribution is -2.47. The number of esters is 4. The molecule has 0 bridgehead atoms. The highest BCUT2D eigenvalue weighted by atomic mass is 19.4. The molecule has 23 heteroatoms. The fourth-order valence-electron chi connectivity index (χ4n) is 2.00. The molecule has 8 nitrogen and oxygen atoms in total. The molecule has 1 aromatic carbocycles. The predicted octanol–water partition coefficient (Wildman–Crippen LogP) is 5.15. The van der Waals surface area contributed by atoms with E-state index in [4.69, 9.17) is 0 Å². The van der Waals surface area contributed by atoms with Crippen molar-refractivity contribution in [1.82, 2.24) is 0 Å². The summed E-state index contributed by atoms with van der Waals surface area (Å²) in [7, 11) is 0.418. The van der Waals surface area contributed by atoms with E-state index in [1.54, 1.807) is 0 Å². The van der Waals surface area contributed by atoms with Crippen molar-refractivity contribution in [1.29, 1.82) is 0 Å². The van der Waals surface area contributed by atoms with Gasteiger partial charge in [0.2, 0.25) is 5.76 Å². The van der Waals surface area contributed by atoms with Crippen molar-refractivity contribution < 1.29 is 104 Å². The Hall–Kier alpha value is -4.21. The Bertz CT molecular complexity index is 1260. The zero-order chi connectivity index (χ0) is 33.3. The highest BCUT2D eigenvalue weighted by Gasteiger charge is 2.67. The van der Waals surface area contributed by atoms with Crippen molar-refractivity contribution in [3.05, 3.63) is 29.5 Å². The van der Waals surface area contributed by atoms with Crippen LogP contribution in [0.3, 0.4) is 0 Å². The van der Waals surface area contributed by atoms with E-state index in [2.05, 4.69) is 18.9 Å². The number of carbonyl (C=O) groups excluding carboxylic acids is 4. The fourth-order valence-corrected chi connectivity index (χ4v) is 2.00. The summed E-state index contributed by atoms with van der Waals surface area (Å²) in [5.74, 6) is -37.6. The molecular weight excluding hydrogens is 641 g/mol. The number of hydrogen-bond acceptors (Lipinski definition) is 8. The summed E-state index contributed by atoms with van der Waals surface area (Å²) in [6, 6.07) is -0.0464. The van der Waals surface area contributed by atoms with Crippen molar-refractivity contribution in [2.24, 2.45) is 0 Å². The largest absolute Gasteiger partial charge is 0.465 e. The molecular formula is C19H7F15O8. The lowest BCUT2D eigenvalue weighted by Gasteiger charge is -2.20. The number of rotatable bonds is 8. The average molecular weight is 648 g/mol. The van der Waals surface area contributed by atoms with Gasteiger partial charge in [-0.05, 0) is 23.8 Å². The molecule has 42 heavy (non-hydrogen) atoms. The highest BCUT2D eigenvalue weighted by Crippen LogP contribution is 2.41. The zero-order valence-corrected chi connectivity index (χ0v) is 19.2. The van der Waals surface area contributed by atoms with Crippen LogP contribution in [-0.2, 0) is 28.7 Å². The number of methoxy groups -OCH3 is 1. The predicted molar refractivity (Wildman–Crippen MR) is 96.8 cm³/mol. The van der Waals surface area contributed by atoms with Crippen LogP contribution < -0.4 is 9.47 Å². The molecule has 0 aliphatic rings. The third-order valence-corrected chi connectivity index (χ3v) is 4.10. The number of halogens is 15. The second-order valence-electron chi connectivity index (χ2n) is 7.09. The molecule has 0 fully saturated rings. The number of alkyl halides is 15. The normalized spacial score (nSPS) is 13.8. The number of hydrogen-bond donors (Lipinski definition) is 0. The summed E-state index contributed by atoms with van der Waals surface area (Å²) in [5.41, 5.74) is -1.11. The van der Waals surface area contributed by atoms with E-state index in [1.807, 2.05) is 0 Å². The Balaban J connectivity index is 3.72. The van der Waals surface area contributed by atoms with Gasteiger partial charge >= 0.3 is 60.2 Å². The van der Waals surface area contributed by atoms with Crippen LogP contribution in [-0.4, -0.2) is 67.3 Å². The first kappa shape index (κ1) is 35.8. The van der Waals surface area contributed by atoms with Crippen molar-refractivity contribution in [3.8, 4) is 11.5 Å². The van der Waals surface area contributed by atoms with E-state index in [0.717, 1.165) is 0 Å². The number of carbonyl (C=O) groups is 4. The molecule has 0 aliphatic carbocycles. The van der Waals surface area contributed by atoms with Crippen molar-refractivity contribution in [2.75, 3.05) is 7.11 Å². The van der Waals surface area contributed by atoms with Crippen LogP contribution in [0.5, 0.6) is 11.5 Å². The third-order valence-electron chi connectivity index (χ3n) is 4.10. The standard InChI is InChI=1S/C19H7F15O8/c1-39-10(35)9(42-13(38)16(24,25)19(32,33)34)5-6-2-3-7(40-11(36)14(20,21)17(26,27)28)8(4-6)41-12(37)15(22,23)18(29,30)31/h2-5H,1H3/b9-5-. The summed E-state index contributed by atoms with van der Waals surface area (Å²) >= 11 is 0. The van der Waals surface area contributed by atoms with Gasteiger partial charge in [0.05, 0.1) is 7.11 Å². The third kappa shape index (κ3) is 7.54. The zero-order valence-electron chi connectivity index (χ0n) is 19.2. The molecule has 0 unspecified atom stereocenters. The quantitative estimate of drug-likeness (QED) is 0.126. The van der Waals surface area contributed by atoms with Crippen molar-refractivity contribution in [2.45, 2.75) is 36.3 Å². The molecule has 0 amide bonds. The average Bonchev–Trinajstić information content (AvgIpc) is 2.82. The summed E-state index contributed by atoms with van der Waals surface area (Å²) in [4.78, 5) is 45.7. The monoisotopic (exact) mass is 648 g/mol. The maximum absolute atomic E-state index is 13.3. The summed E-state index contributed by atoms with van der Waals surface area (Å²) in [6.45, 7) is 0. The van der Waals surface area contributed by atoms with Crippen LogP contribution in [0, 0.1) is 0 Å². The smallest absolute Gasteiger partial charge is 0.463 e. The van der Waals surface area contributed by atoms with Gasteiger partial charge in [-0.15, -0.1) is 0 Å². The van der Waals surface area contributed by atoms with Crippen LogP contribution in [0.15, 0.2) is 24.0 Å². The van der Waals surface area contributed by atoms with E-state index in [9.17, 15) is 85.0 Å². The first-order valence-corrected chi connectivity index (χ1v) is 9.55. The maximum Gasteiger partial charge on any atom is 0.465 e. The van der Waals surface area contributed by atoms with Gasteiger partial charge in [0.15, 0.2) is 11.5 Å². The molecule has 0 atom stereocenters. The van der Waals surface area contributed by atoms with Crippen molar-refractivity contribution in [3.63, 3.8) is 0 Å². The SMILES string of the molecule is COC(=O)/C(=C/c1ccc(OC(=O)C(F)(F)C(F)(F)F)c(OC(=O)C(F)(F)C(F)(F)F)c1)OC(=O)C(F)(F)C(F)(F)F. The van der Waals surface area contributed by atoms with Gasteiger partial charge < -0.3 is 18.9 Å². The van der Waals surface area contributed by atoms with E-state index in [0.29, 0.717) is 7.11 Å². The molecule has 0 saturated heterocycles. The van der Waals surface area contributed by atoms with Gasteiger partial charge in [-0.1, -0.05) is 6.07 Å². The molecule has 0 saturated carbocycles. The molecule has 0 radical (unpaired) electrons. The Morgan fingerprint density at radius 3 is 1.36 bits per heavy atom. The van der Waals surface area contributed by atoms with E-state index >= 15 is 0 Å². The molecule has 0 heterocycles. The van der Waals surface area contributed by atoms with E-state index < -0.39 is 83.0 Å². The lowest BCUT2D eigenvalue weighted by atomic mass is 10.1. The fraction of sp³-hybridized carbons (Fsp3) is 0.368. The van der Waals surface area contributed by atoms with Gasteiger partial charge in [-0.25, -0.2) is 19.2 Å². The van der Waals surface area contributed by atoms with Crippen LogP contribution in [0.25, 0.3) is 6.08 Å². The summed E-state index contributed by atoms with van der Waals surface area (Å²) in [6.07, 6.45) is -20.1. The first-order chi connectivity index (χ1) is 18.6. The molecule has 0 aliphatic heterocycles. The molecule has 0 N–H and O–H groups in total. The second kappa shape index (κ2) is 11.6. The number of ether oxygens (including phenoxy) is 4. The Labute approximate surface area is 219 Å². The maximum atomic E-state index is 13.3. The minimum Gasteiger partial charge on any atom is -0.463 e. The van der Waals surface area contributed by atoms with Crippen LogP contribution >= 0.6 is 0 Å². The molecule has 0 spiro atoms. The minimum atomic E-state index is -6.71. The first-order valence-electron chi connectivity index (χ1n) is 9.55. The number of benzene rings is 1. The topological polar surface area (TPSA) is 105 Å². The molecule has 0 aromatic heterocycles. The van der Waals surface area contributed by atoms with Gasteiger partial charge in [0.1, 0.15) is 0 Å². The Kier molecular flexibility index (Phi) is 9.88. The van der Waals surface area contributed by atoms with Gasteiger partial charge in [-0.2, -0.15) is 65.9 Å². The lowest BCUT2D eigenvalue weighted by molar-refractivity contribution is -0.278. The van der Waals surface area contributed by atoms with E-state index in [-0.39, 0.29) is 24.3 Å². The molecule has 236 valence electrons. The van der Waals surface area contributed by atoms with Gasteiger partial charge in [0.25, 0.3) is 0 Å². The van der Waals surface area contributed by atoms with Gasteiger partial charge in [0, 0.05) is 0 Å². The molecule has 1 rings (SSSR count). The second-order valence-corrected chi connectivity index (χ2v) is 7.09. The van der Waals surface area contributed by atoms with E-state index in [1.165, 1.54) is 0 Å². The van der Waals surface area contributed by atoms with Gasteiger partial charge in [-0.3, -0.25) is 0 Å². The summed E-state index contributed by atoms with van der Waals surface area (Å²) < 4.78 is 206. The van der Waals surface area contributed by atoms with Crippen molar-refractivity contribution >= 4 is 30.0 Å². The van der Waals surface area contributed by atoms with Crippen LogP contribution in [0.1, 0.15) is 5.56 Å². The minimum absolute atomic E-state index is 0.0778. The molecule has 1 aromatic rings. The van der Waals surface area contributed by atoms with Crippen LogP contribution in [0.2, 0.25) is 0 Å². The Morgan fingerprint density at radius 1 is 0.595 bits per heavy atom. The van der Waals surface area contributed by atoms with Crippen LogP contribution in [0.4, 0.5) is 65.9 Å². The highest BCUT2D eigenvalue weighted by molar-refractivity contribution is 5.95. The summed E-state index contributed by atoms with van der Waals surface area (Å²) in [5, 5.41) is 0. The Morgan fingerprint density at radius 2 is 0.976 bits per heavy atom.